The van der Waals surface area contributed by atoms with Gasteiger partial charge in [0.1, 0.15) is 11.9 Å². The lowest BCUT2D eigenvalue weighted by molar-refractivity contribution is 0.0620. The molecule has 3 aromatic rings. The second-order valence-corrected chi connectivity index (χ2v) is 6.43. The van der Waals surface area contributed by atoms with Gasteiger partial charge in [-0.3, -0.25) is 9.78 Å². The lowest BCUT2D eigenvalue weighted by atomic mass is 10.0. The Hall–Kier alpha value is -2.73. The summed E-state index contributed by atoms with van der Waals surface area (Å²) in [6.07, 6.45) is 5.39. The quantitative estimate of drug-likeness (QED) is 0.779. The van der Waals surface area contributed by atoms with Crippen molar-refractivity contribution in [3.05, 3.63) is 59.8 Å². The Bertz CT molecular complexity index is 932. The molecule has 1 atom stereocenters. The summed E-state index contributed by atoms with van der Waals surface area (Å²) >= 11 is 0. The average molecular weight is 335 g/mol. The molecule has 6 nitrogen and oxygen atoms in total. The molecule has 0 aliphatic carbocycles. The van der Waals surface area contributed by atoms with Crippen LogP contribution in [0.25, 0.3) is 10.9 Å². The molecule has 128 valence electrons. The maximum absolute atomic E-state index is 13.3. The monoisotopic (exact) mass is 335 g/mol. The van der Waals surface area contributed by atoms with Crippen LogP contribution in [0.2, 0.25) is 0 Å². The number of nitrogens with one attached hydrogen (secondary N) is 1. The fraction of sp³-hybridized carbons (Fsp3) is 0.316. The first-order valence-electron chi connectivity index (χ1n) is 8.50. The molecule has 1 aromatic carbocycles. The highest BCUT2D eigenvalue weighted by molar-refractivity contribution is 6.00. The Morgan fingerprint density at radius 1 is 1.28 bits per heavy atom. The summed E-state index contributed by atoms with van der Waals surface area (Å²) < 4.78 is 1.98. The summed E-state index contributed by atoms with van der Waals surface area (Å²) in [6.45, 7) is 4.14. The molecule has 0 bridgehead atoms. The predicted molar refractivity (Wildman–Crippen MR) is 96.3 cm³/mol. The number of hydrogen-bond acceptors (Lipinski definition) is 4. The Morgan fingerprint density at radius 3 is 2.92 bits per heavy atom. The molecule has 4 rings (SSSR count). The van der Waals surface area contributed by atoms with Crippen LogP contribution in [0, 0.1) is 6.92 Å². The van der Waals surface area contributed by atoms with E-state index in [0.29, 0.717) is 18.7 Å². The van der Waals surface area contributed by atoms with Crippen LogP contribution >= 0.6 is 0 Å². The molecule has 1 aliphatic rings. The Kier molecular flexibility index (Phi) is 3.97. The lowest BCUT2D eigenvalue weighted by Crippen LogP contribution is -2.49. The van der Waals surface area contributed by atoms with Crippen molar-refractivity contribution in [2.45, 2.75) is 13.0 Å². The third-order valence-corrected chi connectivity index (χ3v) is 4.94. The van der Waals surface area contributed by atoms with Crippen LogP contribution in [0.3, 0.4) is 0 Å². The number of benzene rings is 1. The summed E-state index contributed by atoms with van der Waals surface area (Å²) in [6, 6.07) is 7.85. The second kappa shape index (κ2) is 6.29. The van der Waals surface area contributed by atoms with E-state index in [9.17, 15) is 4.79 Å². The fourth-order valence-electron chi connectivity index (χ4n) is 3.53. The molecule has 6 heteroatoms. The first-order valence-corrected chi connectivity index (χ1v) is 8.50. The zero-order valence-electron chi connectivity index (χ0n) is 14.4. The molecule has 1 N–H and O–H groups in total. The second-order valence-electron chi connectivity index (χ2n) is 6.43. The Balaban J connectivity index is 1.74. The van der Waals surface area contributed by atoms with Crippen LogP contribution in [-0.2, 0) is 7.05 Å². The molecule has 3 heterocycles. The molecule has 1 fully saturated rings. The van der Waals surface area contributed by atoms with Crippen LogP contribution in [-0.4, -0.2) is 45.0 Å². The smallest absolute Gasteiger partial charge is 0.256 e. The van der Waals surface area contributed by atoms with E-state index < -0.39 is 0 Å². The Morgan fingerprint density at radius 2 is 2.12 bits per heavy atom. The van der Waals surface area contributed by atoms with Crippen molar-refractivity contribution in [2.24, 2.45) is 7.05 Å². The molecule has 0 spiro atoms. The van der Waals surface area contributed by atoms with Crippen molar-refractivity contribution < 1.29 is 4.79 Å². The molecular formula is C19H21N5O. The van der Waals surface area contributed by atoms with Crippen LogP contribution in [0.15, 0.2) is 42.9 Å². The molecule has 2 aromatic heterocycles. The minimum absolute atomic E-state index is 0.0188. The van der Waals surface area contributed by atoms with Gasteiger partial charge in [-0.2, -0.15) is 0 Å². The molecule has 0 saturated carbocycles. The maximum atomic E-state index is 13.3. The number of hydrogen-bond donors (Lipinski definition) is 1. The van der Waals surface area contributed by atoms with E-state index in [0.717, 1.165) is 28.8 Å². The number of piperazine rings is 1. The van der Waals surface area contributed by atoms with Gasteiger partial charge in [0.15, 0.2) is 0 Å². The number of nitrogens with zero attached hydrogens (tertiary/aromatic N) is 4. The number of imidazole rings is 1. The number of fused-ring (bicyclic) bond motifs is 1. The van der Waals surface area contributed by atoms with Crippen LogP contribution in [0.5, 0.6) is 0 Å². The topological polar surface area (TPSA) is 63.1 Å². The predicted octanol–water partition coefficient (Wildman–Crippen LogP) is 2.06. The van der Waals surface area contributed by atoms with Gasteiger partial charge in [-0.15, -0.1) is 0 Å². The van der Waals surface area contributed by atoms with E-state index in [-0.39, 0.29) is 11.9 Å². The number of carbonyl (C=O) groups is 1. The van der Waals surface area contributed by atoms with Gasteiger partial charge < -0.3 is 14.8 Å². The summed E-state index contributed by atoms with van der Waals surface area (Å²) in [7, 11) is 1.96. The number of aromatic nitrogens is 3. The van der Waals surface area contributed by atoms with E-state index >= 15 is 0 Å². The van der Waals surface area contributed by atoms with Crippen molar-refractivity contribution in [1.82, 2.24) is 24.8 Å². The molecule has 1 unspecified atom stereocenters. The third kappa shape index (κ3) is 2.68. The van der Waals surface area contributed by atoms with Crippen molar-refractivity contribution in [3.8, 4) is 0 Å². The number of pyridine rings is 1. The summed E-state index contributed by atoms with van der Waals surface area (Å²) in [5, 5.41) is 4.39. The van der Waals surface area contributed by atoms with Crippen molar-refractivity contribution >= 4 is 16.8 Å². The number of rotatable bonds is 2. The third-order valence-electron chi connectivity index (χ3n) is 4.94. The van der Waals surface area contributed by atoms with E-state index in [1.165, 1.54) is 0 Å². The summed E-state index contributed by atoms with van der Waals surface area (Å²) in [5.74, 6) is 0.914. The molecular weight excluding hydrogens is 314 g/mol. The molecule has 25 heavy (non-hydrogen) atoms. The van der Waals surface area contributed by atoms with E-state index in [2.05, 4.69) is 15.3 Å². The van der Waals surface area contributed by atoms with Gasteiger partial charge in [0.25, 0.3) is 5.91 Å². The number of para-hydroxylation sites is 1. The average Bonchev–Trinajstić information content (AvgIpc) is 3.07. The van der Waals surface area contributed by atoms with Crippen LogP contribution in [0.1, 0.15) is 27.8 Å². The van der Waals surface area contributed by atoms with Crippen LogP contribution in [0.4, 0.5) is 0 Å². The Labute approximate surface area is 146 Å². The first kappa shape index (κ1) is 15.8. The number of carbonyl (C=O) groups excluding carboxylic acids is 1. The zero-order chi connectivity index (χ0) is 17.4. The highest BCUT2D eigenvalue weighted by Crippen LogP contribution is 2.26. The normalized spacial score (nSPS) is 17.8. The zero-order valence-corrected chi connectivity index (χ0v) is 14.4. The highest BCUT2D eigenvalue weighted by atomic mass is 16.2. The van der Waals surface area contributed by atoms with Gasteiger partial charge in [-0.25, -0.2) is 4.98 Å². The SMILES string of the molecule is Cc1c(C(=O)N2CCNCC2c2nccn2C)cnc2ccccc12. The van der Waals surface area contributed by atoms with Gasteiger partial charge in [-0.05, 0) is 18.6 Å². The lowest BCUT2D eigenvalue weighted by Gasteiger charge is -2.36. The van der Waals surface area contributed by atoms with Gasteiger partial charge in [-0.1, -0.05) is 18.2 Å². The standard InChI is InChI=1S/C19H21N5O/c1-13-14-5-3-4-6-16(14)22-11-15(13)19(25)24-10-7-20-12-17(24)18-21-8-9-23(18)2/h3-6,8-9,11,17,20H,7,10,12H2,1-2H3. The minimum Gasteiger partial charge on any atom is -0.336 e. The van der Waals surface area contributed by atoms with Gasteiger partial charge in [0.05, 0.1) is 11.1 Å². The summed E-state index contributed by atoms with van der Waals surface area (Å²) in [4.78, 5) is 24.1. The van der Waals surface area contributed by atoms with E-state index in [4.69, 9.17) is 0 Å². The minimum atomic E-state index is -0.0767. The van der Waals surface area contributed by atoms with Gasteiger partial charge in [0.2, 0.25) is 0 Å². The van der Waals surface area contributed by atoms with Gasteiger partial charge >= 0.3 is 0 Å². The van der Waals surface area contributed by atoms with Crippen molar-refractivity contribution in [3.63, 3.8) is 0 Å². The first-order chi connectivity index (χ1) is 12.2. The molecule has 1 saturated heterocycles. The van der Waals surface area contributed by atoms with Crippen LogP contribution < -0.4 is 5.32 Å². The van der Waals surface area contributed by atoms with E-state index in [1.54, 1.807) is 12.4 Å². The number of amides is 1. The van der Waals surface area contributed by atoms with Crippen molar-refractivity contribution in [1.29, 1.82) is 0 Å². The molecule has 1 amide bonds. The number of aryl methyl sites for hydroxylation is 2. The highest BCUT2D eigenvalue weighted by Gasteiger charge is 2.32. The van der Waals surface area contributed by atoms with Crippen molar-refractivity contribution in [2.75, 3.05) is 19.6 Å². The summed E-state index contributed by atoms with van der Waals surface area (Å²) in [5.41, 5.74) is 2.56. The maximum Gasteiger partial charge on any atom is 0.256 e. The van der Waals surface area contributed by atoms with Gasteiger partial charge in [0, 0.05) is 50.7 Å². The molecule has 0 radical (unpaired) electrons. The fourth-order valence-corrected chi connectivity index (χ4v) is 3.53. The largest absolute Gasteiger partial charge is 0.336 e. The van der Waals surface area contributed by atoms with E-state index in [1.807, 2.05) is 53.9 Å². The molecule has 1 aliphatic heterocycles.